The second-order valence-corrected chi connectivity index (χ2v) is 15.3. The number of aliphatic carboxylic acids is 1. The maximum Gasteiger partial charge on any atom is 0.325 e. The molecular weight excluding hydrogens is 747 g/mol. The van der Waals surface area contributed by atoms with E-state index >= 15 is 0 Å². The van der Waals surface area contributed by atoms with Crippen LogP contribution in [0.15, 0.2) is 115 Å². The molecule has 0 radical (unpaired) electrons. The van der Waals surface area contributed by atoms with Gasteiger partial charge in [-0.15, -0.1) is 0 Å². The Kier molecular flexibility index (Phi) is 16.8. The number of nitrogens with one attached hydrogen (secondary N) is 5. The van der Waals surface area contributed by atoms with E-state index in [-0.39, 0.29) is 37.5 Å². The van der Waals surface area contributed by atoms with Gasteiger partial charge >= 0.3 is 5.97 Å². The van der Waals surface area contributed by atoms with Gasteiger partial charge in [0.25, 0.3) is 0 Å². The summed E-state index contributed by atoms with van der Waals surface area (Å²) < 4.78 is 0. The summed E-state index contributed by atoms with van der Waals surface area (Å²) in [5.74, 6) is -3.70. The summed E-state index contributed by atoms with van der Waals surface area (Å²) in [5.41, 5.74) is 4.27. The maximum atomic E-state index is 14.3. The van der Waals surface area contributed by atoms with Crippen molar-refractivity contribution in [2.24, 2.45) is 5.92 Å². The van der Waals surface area contributed by atoms with Gasteiger partial charge in [-0.05, 0) is 66.5 Å². The minimum atomic E-state index is -1.22. The summed E-state index contributed by atoms with van der Waals surface area (Å²) in [6, 6.07) is 31.3. The quantitative estimate of drug-likeness (QED) is 0.0637. The summed E-state index contributed by atoms with van der Waals surface area (Å²) in [6.45, 7) is 1.34. The third kappa shape index (κ3) is 14.5. The van der Waals surface area contributed by atoms with Crippen LogP contribution < -0.4 is 26.6 Å². The van der Waals surface area contributed by atoms with Crippen LogP contribution in [0.25, 0.3) is 11.1 Å². The van der Waals surface area contributed by atoms with Crippen LogP contribution in [0.4, 0.5) is 5.69 Å². The van der Waals surface area contributed by atoms with Crippen molar-refractivity contribution in [3.05, 3.63) is 126 Å². The first-order chi connectivity index (χ1) is 28.5. The molecule has 5 amide bonds. The van der Waals surface area contributed by atoms with E-state index in [2.05, 4.69) is 26.6 Å². The lowest BCUT2D eigenvalue weighted by Crippen LogP contribution is -2.58. The fourth-order valence-electron chi connectivity index (χ4n) is 7.28. The number of anilines is 1. The lowest BCUT2D eigenvalue weighted by molar-refractivity contribution is -0.141. The Hall–Kier alpha value is -6.30. The topological polar surface area (TPSA) is 183 Å². The predicted molar refractivity (Wildman–Crippen MR) is 227 cm³/mol. The lowest BCUT2D eigenvalue weighted by Gasteiger charge is -2.29. The van der Waals surface area contributed by atoms with Gasteiger partial charge in [-0.1, -0.05) is 135 Å². The molecule has 12 nitrogen and oxygen atoms in total. The molecule has 4 aromatic carbocycles. The first-order valence-electron chi connectivity index (χ1n) is 20.5. The van der Waals surface area contributed by atoms with Crippen molar-refractivity contribution in [2.75, 3.05) is 5.32 Å². The molecule has 0 saturated heterocycles. The van der Waals surface area contributed by atoms with Crippen LogP contribution in [0.3, 0.4) is 0 Å². The van der Waals surface area contributed by atoms with Crippen LogP contribution in [-0.2, 0) is 41.6 Å². The molecule has 310 valence electrons. The minimum Gasteiger partial charge on any atom is -0.480 e. The zero-order valence-corrected chi connectivity index (χ0v) is 33.5. The molecule has 59 heavy (non-hydrogen) atoms. The van der Waals surface area contributed by atoms with Gasteiger partial charge in [0.2, 0.25) is 29.5 Å². The number of carbonyl (C=O) groups excluding carboxylic acids is 5. The molecule has 0 heterocycles. The number of carboxylic acids is 1. The van der Waals surface area contributed by atoms with E-state index in [1.54, 1.807) is 24.3 Å². The van der Waals surface area contributed by atoms with E-state index in [0.29, 0.717) is 18.5 Å². The number of carboxylic acid groups (broad SMARTS) is 1. The number of hydrogen-bond donors (Lipinski definition) is 6. The molecular formula is C47H55N5O7. The molecule has 0 bridgehead atoms. The number of hydrogen-bond acceptors (Lipinski definition) is 6. The molecule has 12 heteroatoms. The normalized spacial score (nSPS) is 14.7. The van der Waals surface area contributed by atoms with Gasteiger partial charge in [-0.3, -0.25) is 28.8 Å². The molecule has 0 spiro atoms. The van der Waals surface area contributed by atoms with Crippen molar-refractivity contribution in [1.82, 2.24) is 21.3 Å². The van der Waals surface area contributed by atoms with E-state index in [4.69, 9.17) is 0 Å². The highest BCUT2D eigenvalue weighted by Gasteiger charge is 2.32. The fraction of sp³-hybridized carbons (Fsp3) is 0.362. The smallest absolute Gasteiger partial charge is 0.325 e. The van der Waals surface area contributed by atoms with Gasteiger partial charge < -0.3 is 31.7 Å². The third-order valence-corrected chi connectivity index (χ3v) is 10.6. The predicted octanol–water partition coefficient (Wildman–Crippen LogP) is 5.96. The van der Waals surface area contributed by atoms with E-state index in [9.17, 15) is 33.9 Å². The molecule has 4 atom stereocenters. The zero-order valence-electron chi connectivity index (χ0n) is 33.5. The van der Waals surface area contributed by atoms with Gasteiger partial charge in [0.05, 0.1) is 0 Å². The summed E-state index contributed by atoms with van der Waals surface area (Å²) in [4.78, 5) is 79.7. The number of aryl methyl sites for hydroxylation is 1. The SMILES string of the molecule is C[C@H](NC(=O)[C@@H](CCc1ccccc1)NC(=O)[C@H](Cc1ccc(-c2ccccc2)cc1)NC(=O)[C@H](CC1CCCCC1)NC(=O)CCC(=O)Nc1ccccc1)C(=O)O. The molecule has 1 saturated carbocycles. The van der Waals surface area contributed by atoms with Crippen LogP contribution >= 0.6 is 0 Å². The molecule has 4 aromatic rings. The fourth-order valence-corrected chi connectivity index (χ4v) is 7.28. The first-order valence-corrected chi connectivity index (χ1v) is 20.5. The Bertz CT molecular complexity index is 1990. The van der Waals surface area contributed by atoms with Crippen LogP contribution in [0.5, 0.6) is 0 Å². The highest BCUT2D eigenvalue weighted by molar-refractivity contribution is 5.96. The molecule has 0 unspecified atom stereocenters. The number of benzene rings is 4. The Morgan fingerprint density at radius 2 is 1.12 bits per heavy atom. The van der Waals surface area contributed by atoms with E-state index in [0.717, 1.165) is 54.4 Å². The van der Waals surface area contributed by atoms with Crippen molar-refractivity contribution in [3.8, 4) is 11.1 Å². The zero-order chi connectivity index (χ0) is 42.0. The second kappa shape index (κ2) is 22.6. The van der Waals surface area contributed by atoms with Crippen LogP contribution in [0.1, 0.15) is 75.8 Å². The Labute approximate surface area is 346 Å². The van der Waals surface area contributed by atoms with Crippen molar-refractivity contribution < 1.29 is 33.9 Å². The van der Waals surface area contributed by atoms with Crippen LogP contribution in [0.2, 0.25) is 0 Å². The van der Waals surface area contributed by atoms with E-state index in [1.807, 2.05) is 91.0 Å². The maximum absolute atomic E-state index is 14.3. The lowest BCUT2D eigenvalue weighted by atomic mass is 9.84. The van der Waals surface area contributed by atoms with Gasteiger partial charge in [0, 0.05) is 24.9 Å². The molecule has 5 rings (SSSR count). The Morgan fingerprint density at radius 3 is 1.76 bits per heavy atom. The highest BCUT2D eigenvalue weighted by Crippen LogP contribution is 2.28. The first kappa shape index (κ1) is 43.8. The summed E-state index contributed by atoms with van der Waals surface area (Å²) >= 11 is 0. The highest BCUT2D eigenvalue weighted by atomic mass is 16.4. The van der Waals surface area contributed by atoms with Crippen molar-refractivity contribution >= 4 is 41.2 Å². The van der Waals surface area contributed by atoms with Crippen LogP contribution in [0, 0.1) is 5.92 Å². The van der Waals surface area contributed by atoms with Crippen molar-refractivity contribution in [3.63, 3.8) is 0 Å². The molecule has 6 N–H and O–H groups in total. The standard InChI is InChI=1S/C47H55N5O7/c1-32(47(58)59)48-44(55)39(27-24-33-14-6-2-7-15-33)51-46(57)41(31-35-22-25-37(26-23-35)36-18-10-4-11-19-36)52-45(56)40(30-34-16-8-3-9-17-34)50-43(54)29-28-42(53)49-38-20-12-5-13-21-38/h2,4-7,10-15,18-23,25-26,32,34,39-41H,3,8-9,16-17,24,27-31H2,1H3,(H,48,55)(H,49,53)(H,50,54)(H,51,57)(H,52,56)(H,58,59)/t32-,39+,40-,41-/m0/s1. The van der Waals surface area contributed by atoms with E-state index < -0.39 is 53.8 Å². The van der Waals surface area contributed by atoms with Crippen LogP contribution in [-0.4, -0.2) is 64.8 Å². The third-order valence-electron chi connectivity index (χ3n) is 10.6. The van der Waals surface area contributed by atoms with Gasteiger partial charge in [0.1, 0.15) is 24.2 Å². The summed E-state index contributed by atoms with van der Waals surface area (Å²) in [7, 11) is 0. The second-order valence-electron chi connectivity index (χ2n) is 15.3. The van der Waals surface area contributed by atoms with Crippen molar-refractivity contribution in [1.29, 1.82) is 0 Å². The molecule has 0 aliphatic heterocycles. The summed E-state index contributed by atoms with van der Waals surface area (Å²) in [5, 5.41) is 23.3. The van der Waals surface area contributed by atoms with Gasteiger partial charge in [0.15, 0.2) is 0 Å². The van der Waals surface area contributed by atoms with Gasteiger partial charge in [-0.25, -0.2) is 0 Å². The average molecular weight is 802 g/mol. The monoisotopic (exact) mass is 801 g/mol. The van der Waals surface area contributed by atoms with Crippen molar-refractivity contribution in [2.45, 2.75) is 102 Å². The average Bonchev–Trinajstić information content (AvgIpc) is 3.25. The molecule has 1 aliphatic rings. The number of amides is 5. The molecule has 0 aromatic heterocycles. The minimum absolute atomic E-state index is 0.0644. The Morgan fingerprint density at radius 1 is 0.576 bits per heavy atom. The number of rotatable bonds is 20. The largest absolute Gasteiger partial charge is 0.480 e. The molecule has 1 aliphatic carbocycles. The van der Waals surface area contributed by atoms with E-state index in [1.165, 1.54) is 6.92 Å². The number of para-hydroxylation sites is 1. The summed E-state index contributed by atoms with van der Waals surface area (Å²) in [6.07, 6.45) is 5.73. The van der Waals surface area contributed by atoms with Gasteiger partial charge in [-0.2, -0.15) is 0 Å². The number of carbonyl (C=O) groups is 6. The Balaban J connectivity index is 1.36. The molecule has 1 fully saturated rings.